The highest BCUT2D eigenvalue weighted by molar-refractivity contribution is 7.10. The quantitative estimate of drug-likeness (QED) is 0.468. The van der Waals surface area contributed by atoms with E-state index in [1.807, 2.05) is 19.1 Å². The van der Waals surface area contributed by atoms with Crippen LogP contribution in [0.15, 0.2) is 30.5 Å². The topological polar surface area (TPSA) is 104 Å². The van der Waals surface area contributed by atoms with Crippen LogP contribution < -0.4 is 10.6 Å². The summed E-state index contributed by atoms with van der Waals surface area (Å²) in [6, 6.07) is 8.87. The minimum absolute atomic E-state index is 0.0557. The second kappa shape index (κ2) is 9.70. The zero-order valence-corrected chi connectivity index (χ0v) is 20.5. The van der Waals surface area contributed by atoms with Crippen LogP contribution >= 0.6 is 11.5 Å². The Kier molecular flexibility index (Phi) is 6.48. The lowest BCUT2D eigenvalue weighted by Crippen LogP contribution is -2.40. The third-order valence-electron chi connectivity index (χ3n) is 6.96. The fraction of sp³-hybridized carbons (Fsp3) is 0.423. The third kappa shape index (κ3) is 5.17. The number of aryl methyl sites for hydroxylation is 1. The van der Waals surface area contributed by atoms with Crippen molar-refractivity contribution in [2.24, 2.45) is 5.92 Å². The number of benzene rings is 1. The summed E-state index contributed by atoms with van der Waals surface area (Å²) in [7, 11) is 0. The molecule has 0 radical (unpaired) electrons. The van der Waals surface area contributed by atoms with Gasteiger partial charge in [-0.15, -0.1) is 0 Å². The molecule has 3 unspecified atom stereocenters. The van der Waals surface area contributed by atoms with Gasteiger partial charge in [-0.25, -0.2) is 14.4 Å². The zero-order chi connectivity index (χ0) is 24.5. The number of nitrogens with one attached hydrogen (secondary N) is 2. The largest absolute Gasteiger partial charge is 0.349 e. The molecule has 2 fully saturated rings. The summed E-state index contributed by atoms with van der Waals surface area (Å²) in [5, 5.41) is 16.5. The molecule has 0 spiro atoms. The van der Waals surface area contributed by atoms with Gasteiger partial charge in [0.15, 0.2) is 11.5 Å². The number of carbonyl (C=O) groups excluding carboxylic acids is 1. The van der Waals surface area contributed by atoms with Gasteiger partial charge in [0, 0.05) is 12.0 Å². The SMILES string of the molecule is Cc1cc(Nc2nc(C3CC(NC(=O)c4ccc(C5CC5)cc4F)CCC3C)cnc2C#N)sn1. The first kappa shape index (κ1) is 23.4. The van der Waals surface area contributed by atoms with E-state index in [4.69, 9.17) is 4.98 Å². The molecule has 7 nitrogen and oxygen atoms in total. The Morgan fingerprint density at radius 3 is 2.74 bits per heavy atom. The van der Waals surface area contributed by atoms with Crippen LogP contribution in [-0.2, 0) is 0 Å². The van der Waals surface area contributed by atoms with E-state index in [1.165, 1.54) is 17.6 Å². The predicted octanol–water partition coefficient (Wildman–Crippen LogP) is 5.58. The van der Waals surface area contributed by atoms with E-state index in [-0.39, 0.29) is 29.1 Å². The number of hydrogen-bond acceptors (Lipinski definition) is 7. The monoisotopic (exact) mass is 490 g/mol. The molecule has 2 aliphatic rings. The lowest BCUT2D eigenvalue weighted by molar-refractivity contribution is 0.0913. The second-order valence-electron chi connectivity index (χ2n) is 9.64. The highest BCUT2D eigenvalue weighted by Gasteiger charge is 2.32. The number of aromatic nitrogens is 3. The number of nitrogens with zero attached hydrogens (tertiary/aromatic N) is 4. The highest BCUT2D eigenvalue weighted by atomic mass is 32.1. The maximum absolute atomic E-state index is 14.6. The minimum Gasteiger partial charge on any atom is -0.349 e. The first-order valence-electron chi connectivity index (χ1n) is 12.0. The molecule has 35 heavy (non-hydrogen) atoms. The van der Waals surface area contributed by atoms with E-state index in [2.05, 4.69) is 33.0 Å². The van der Waals surface area contributed by atoms with Crippen molar-refractivity contribution in [3.05, 3.63) is 64.5 Å². The Morgan fingerprint density at radius 1 is 1.23 bits per heavy atom. The van der Waals surface area contributed by atoms with E-state index in [9.17, 15) is 14.4 Å². The molecule has 2 aromatic heterocycles. The molecule has 1 amide bonds. The van der Waals surface area contributed by atoms with E-state index in [0.29, 0.717) is 24.1 Å². The summed E-state index contributed by atoms with van der Waals surface area (Å²) < 4.78 is 18.9. The number of rotatable bonds is 6. The Hall–Kier alpha value is -3.38. The molecule has 5 rings (SSSR count). The van der Waals surface area contributed by atoms with Gasteiger partial charge in [0.1, 0.15) is 16.9 Å². The van der Waals surface area contributed by atoms with Gasteiger partial charge in [-0.2, -0.15) is 9.64 Å². The lowest BCUT2D eigenvalue weighted by atomic mass is 9.76. The number of carbonyl (C=O) groups is 1. The van der Waals surface area contributed by atoms with Gasteiger partial charge in [0.2, 0.25) is 0 Å². The molecule has 0 saturated heterocycles. The number of nitriles is 1. The average Bonchev–Trinajstić information content (AvgIpc) is 3.62. The van der Waals surface area contributed by atoms with E-state index >= 15 is 0 Å². The molecule has 2 aliphatic carbocycles. The molecule has 0 bridgehead atoms. The molecule has 1 aromatic carbocycles. The van der Waals surface area contributed by atoms with Crippen LogP contribution in [0.4, 0.5) is 15.2 Å². The van der Waals surface area contributed by atoms with Crippen LogP contribution in [0.2, 0.25) is 0 Å². The van der Waals surface area contributed by atoms with Crippen molar-refractivity contribution < 1.29 is 9.18 Å². The van der Waals surface area contributed by atoms with Crippen molar-refractivity contribution in [3.8, 4) is 6.07 Å². The molecule has 3 aromatic rings. The van der Waals surface area contributed by atoms with Crippen LogP contribution in [0.3, 0.4) is 0 Å². The molecule has 2 heterocycles. The second-order valence-corrected chi connectivity index (χ2v) is 10.4. The predicted molar refractivity (Wildman–Crippen MR) is 132 cm³/mol. The van der Waals surface area contributed by atoms with Crippen molar-refractivity contribution in [3.63, 3.8) is 0 Å². The molecule has 9 heteroatoms. The fourth-order valence-electron chi connectivity index (χ4n) is 4.80. The summed E-state index contributed by atoms with van der Waals surface area (Å²) in [5.41, 5.74) is 2.95. The average molecular weight is 491 g/mol. The first-order valence-corrected chi connectivity index (χ1v) is 12.8. The summed E-state index contributed by atoms with van der Waals surface area (Å²) in [6.07, 6.45) is 6.23. The Labute approximate surface area is 208 Å². The minimum atomic E-state index is -0.459. The van der Waals surface area contributed by atoms with Crippen molar-refractivity contribution in [2.75, 3.05) is 5.32 Å². The van der Waals surface area contributed by atoms with Crippen LogP contribution in [0.1, 0.15) is 83.9 Å². The first-order chi connectivity index (χ1) is 16.9. The molecule has 2 N–H and O–H groups in total. The Morgan fingerprint density at radius 2 is 2.06 bits per heavy atom. The van der Waals surface area contributed by atoms with E-state index in [1.54, 1.807) is 12.3 Å². The van der Waals surface area contributed by atoms with Crippen molar-refractivity contribution in [1.29, 1.82) is 5.26 Å². The highest BCUT2D eigenvalue weighted by Crippen LogP contribution is 2.41. The van der Waals surface area contributed by atoms with Crippen LogP contribution in [0.5, 0.6) is 0 Å². The maximum atomic E-state index is 14.6. The van der Waals surface area contributed by atoms with Gasteiger partial charge in [-0.1, -0.05) is 13.0 Å². The molecule has 3 atom stereocenters. The standard InChI is InChI=1S/C26H27FN6OS/c1-14-3-7-18(30-26(34)19-8-6-17(10-21(19)27)16-4-5-16)11-20(14)23-13-29-22(12-28)25(31-23)32-24-9-15(2)33-35-24/h6,8-10,13-14,16,18,20H,3-5,7,11H2,1-2H3,(H,30,34)(H,31,32). The van der Waals surface area contributed by atoms with E-state index < -0.39 is 5.82 Å². The maximum Gasteiger partial charge on any atom is 0.254 e. The van der Waals surface area contributed by atoms with E-state index in [0.717, 1.165) is 47.6 Å². The van der Waals surface area contributed by atoms with Crippen molar-refractivity contribution in [2.45, 2.75) is 63.8 Å². The van der Waals surface area contributed by atoms with Gasteiger partial charge in [-0.3, -0.25) is 4.79 Å². The van der Waals surface area contributed by atoms with Crippen LogP contribution in [0.25, 0.3) is 0 Å². The van der Waals surface area contributed by atoms with Gasteiger partial charge >= 0.3 is 0 Å². The Bertz CT molecular complexity index is 1300. The molecular formula is C26H27FN6OS. The number of anilines is 2. The number of hydrogen-bond donors (Lipinski definition) is 2. The number of amides is 1. The van der Waals surface area contributed by atoms with Gasteiger partial charge in [-0.05, 0) is 86.2 Å². The molecule has 2 saturated carbocycles. The van der Waals surface area contributed by atoms with Crippen molar-refractivity contribution >= 4 is 28.3 Å². The summed E-state index contributed by atoms with van der Waals surface area (Å²) in [5.74, 6) is 0.398. The normalized spacial score (nSPS) is 21.8. The smallest absolute Gasteiger partial charge is 0.254 e. The summed E-state index contributed by atoms with van der Waals surface area (Å²) in [4.78, 5) is 22.0. The van der Waals surface area contributed by atoms with Crippen molar-refractivity contribution in [1.82, 2.24) is 19.7 Å². The summed E-state index contributed by atoms with van der Waals surface area (Å²) >= 11 is 1.30. The third-order valence-corrected chi connectivity index (χ3v) is 7.76. The van der Waals surface area contributed by atoms with Crippen LogP contribution in [0, 0.1) is 30.0 Å². The van der Waals surface area contributed by atoms with Crippen LogP contribution in [-0.4, -0.2) is 26.3 Å². The van der Waals surface area contributed by atoms with Gasteiger partial charge in [0.25, 0.3) is 5.91 Å². The Balaban J connectivity index is 1.31. The molecular weight excluding hydrogens is 463 g/mol. The zero-order valence-electron chi connectivity index (χ0n) is 19.7. The van der Waals surface area contributed by atoms with Gasteiger partial charge in [0.05, 0.1) is 23.1 Å². The molecule has 0 aliphatic heterocycles. The lowest BCUT2D eigenvalue weighted by Gasteiger charge is -2.34. The fourth-order valence-corrected chi connectivity index (χ4v) is 5.46. The molecule has 180 valence electrons. The van der Waals surface area contributed by atoms with Gasteiger partial charge < -0.3 is 10.6 Å². The summed E-state index contributed by atoms with van der Waals surface area (Å²) in [6.45, 7) is 4.07. The number of halogens is 1.